The Kier molecular flexibility index (Phi) is 2.44. The molecule has 0 saturated heterocycles. The summed E-state index contributed by atoms with van der Waals surface area (Å²) < 4.78 is 2.49. The minimum atomic E-state index is 1.20. The van der Waals surface area contributed by atoms with Gasteiger partial charge in [-0.25, -0.2) is 0 Å². The van der Waals surface area contributed by atoms with Crippen molar-refractivity contribution in [1.29, 1.82) is 0 Å². The highest BCUT2D eigenvalue weighted by Gasteiger charge is 2.22. The number of aromatic amines is 1. The van der Waals surface area contributed by atoms with Gasteiger partial charge in [0.2, 0.25) is 0 Å². The first kappa shape index (κ1) is 14.9. The summed E-state index contributed by atoms with van der Waals surface area (Å²) in [6, 6.07) is 33.1. The smallest absolute Gasteiger partial charge is 0.0804 e. The molecule has 5 aromatic carbocycles. The maximum Gasteiger partial charge on any atom is 0.0804 e. The van der Waals surface area contributed by atoms with Crippen molar-refractivity contribution in [2.75, 3.05) is 0 Å². The number of rotatable bonds is 0. The minimum Gasteiger partial charge on any atom is -0.353 e. The molecule has 3 heterocycles. The van der Waals surface area contributed by atoms with Gasteiger partial charge in [-0.1, -0.05) is 72.8 Å². The Hall–Kier alpha value is -4.04. The van der Waals surface area contributed by atoms with Crippen molar-refractivity contribution in [2.24, 2.45) is 0 Å². The molecule has 30 heavy (non-hydrogen) atoms. The van der Waals surface area contributed by atoms with Gasteiger partial charge in [0, 0.05) is 27.1 Å². The van der Waals surface area contributed by atoms with Crippen LogP contribution in [-0.2, 0) is 0 Å². The third-order valence-electron chi connectivity index (χ3n) is 6.82. The fraction of sp³-hybridized carbons (Fsp3) is 0. The second-order valence-corrected chi connectivity index (χ2v) is 8.28. The highest BCUT2D eigenvalue weighted by molar-refractivity contribution is 6.34. The SMILES string of the molecule is c1ccc2c(c1)cc1c3[nH]c4ccc5ccccc5c4c3n3c4ccccc4c2c13. The van der Waals surface area contributed by atoms with Crippen LogP contribution in [0.5, 0.6) is 0 Å². The molecule has 8 rings (SSSR count). The Morgan fingerprint density at radius 2 is 1.23 bits per heavy atom. The maximum absolute atomic E-state index is 3.77. The van der Waals surface area contributed by atoms with Crippen molar-refractivity contribution in [1.82, 2.24) is 9.38 Å². The predicted molar refractivity (Wildman–Crippen MR) is 128 cm³/mol. The van der Waals surface area contributed by atoms with Crippen LogP contribution in [0.3, 0.4) is 0 Å². The van der Waals surface area contributed by atoms with Crippen LogP contribution in [0.1, 0.15) is 0 Å². The lowest BCUT2D eigenvalue weighted by atomic mass is 10.0. The topological polar surface area (TPSA) is 20.2 Å². The fourth-order valence-corrected chi connectivity index (χ4v) is 5.63. The van der Waals surface area contributed by atoms with Crippen molar-refractivity contribution in [3.63, 3.8) is 0 Å². The quantitative estimate of drug-likeness (QED) is 0.279. The van der Waals surface area contributed by atoms with Gasteiger partial charge < -0.3 is 9.38 Å². The lowest BCUT2D eigenvalue weighted by Gasteiger charge is -2.02. The van der Waals surface area contributed by atoms with Crippen LogP contribution in [-0.4, -0.2) is 9.38 Å². The Morgan fingerprint density at radius 1 is 0.533 bits per heavy atom. The molecular weight excluding hydrogens is 364 g/mol. The summed E-state index contributed by atoms with van der Waals surface area (Å²) in [6.45, 7) is 0. The van der Waals surface area contributed by atoms with Gasteiger partial charge in [-0.05, 0) is 39.7 Å². The van der Waals surface area contributed by atoms with E-state index in [0.717, 1.165) is 0 Å². The third-order valence-corrected chi connectivity index (χ3v) is 6.82. The highest BCUT2D eigenvalue weighted by Crippen LogP contribution is 2.45. The van der Waals surface area contributed by atoms with Gasteiger partial charge in [0.25, 0.3) is 0 Å². The summed E-state index contributed by atoms with van der Waals surface area (Å²) in [4.78, 5) is 3.77. The number of nitrogens with one attached hydrogen (secondary N) is 1. The van der Waals surface area contributed by atoms with E-state index >= 15 is 0 Å². The first-order valence-corrected chi connectivity index (χ1v) is 10.4. The molecule has 0 amide bonds. The van der Waals surface area contributed by atoms with Gasteiger partial charge in [0.15, 0.2) is 0 Å². The number of hydrogen-bond donors (Lipinski definition) is 1. The first-order valence-electron chi connectivity index (χ1n) is 10.4. The molecule has 138 valence electrons. The van der Waals surface area contributed by atoms with Gasteiger partial charge in [-0.15, -0.1) is 0 Å². The van der Waals surface area contributed by atoms with Gasteiger partial charge >= 0.3 is 0 Å². The number of benzene rings is 5. The van der Waals surface area contributed by atoms with Crippen molar-refractivity contribution < 1.29 is 0 Å². The second kappa shape index (κ2) is 4.92. The van der Waals surface area contributed by atoms with Crippen LogP contribution in [0, 0.1) is 0 Å². The van der Waals surface area contributed by atoms with E-state index in [1.807, 2.05) is 0 Å². The van der Waals surface area contributed by atoms with E-state index in [0.29, 0.717) is 0 Å². The summed E-state index contributed by atoms with van der Waals surface area (Å²) in [5, 5.41) is 10.5. The predicted octanol–water partition coefficient (Wildman–Crippen LogP) is 7.62. The molecule has 0 aliphatic carbocycles. The van der Waals surface area contributed by atoms with Crippen LogP contribution in [0.2, 0.25) is 0 Å². The van der Waals surface area contributed by atoms with Gasteiger partial charge in [-0.2, -0.15) is 0 Å². The molecule has 8 aromatic rings. The highest BCUT2D eigenvalue weighted by atomic mass is 14.9. The number of nitrogens with zero attached hydrogens (tertiary/aromatic N) is 1. The van der Waals surface area contributed by atoms with Crippen LogP contribution in [0.25, 0.3) is 70.7 Å². The van der Waals surface area contributed by atoms with E-state index in [9.17, 15) is 0 Å². The Labute approximate surface area is 171 Å². The monoisotopic (exact) mass is 380 g/mol. The zero-order valence-electron chi connectivity index (χ0n) is 16.1. The molecule has 1 N–H and O–H groups in total. The van der Waals surface area contributed by atoms with E-state index in [1.54, 1.807) is 0 Å². The average Bonchev–Trinajstić information content (AvgIpc) is 3.43. The van der Waals surface area contributed by atoms with Crippen molar-refractivity contribution in [3.05, 3.63) is 91.0 Å². The molecule has 0 atom stereocenters. The molecule has 3 aromatic heterocycles. The third kappa shape index (κ3) is 1.56. The fourth-order valence-electron chi connectivity index (χ4n) is 5.63. The molecular formula is C28H16N2. The number of hydrogen-bond acceptors (Lipinski definition) is 0. The van der Waals surface area contributed by atoms with E-state index in [1.165, 1.54) is 70.7 Å². The Balaban J connectivity index is 1.82. The normalized spacial score (nSPS) is 12.7. The first-order chi connectivity index (χ1) is 14.9. The standard InChI is InChI=1S/C28H16N2/c1-3-9-18-16(7-1)13-14-22-25(18)28-26(29-22)21-15-17-8-2-4-10-19(17)24-20-11-5-6-12-23(20)30(28)27(21)24/h1-15,29H. The summed E-state index contributed by atoms with van der Waals surface area (Å²) in [6.07, 6.45) is 0. The van der Waals surface area contributed by atoms with Gasteiger partial charge in [-0.3, -0.25) is 0 Å². The Morgan fingerprint density at radius 3 is 2.10 bits per heavy atom. The van der Waals surface area contributed by atoms with Crippen LogP contribution in [0.4, 0.5) is 0 Å². The maximum atomic E-state index is 3.77. The second-order valence-electron chi connectivity index (χ2n) is 8.28. The zero-order valence-corrected chi connectivity index (χ0v) is 16.1. The van der Waals surface area contributed by atoms with E-state index in [2.05, 4.69) is 100 Å². The van der Waals surface area contributed by atoms with Gasteiger partial charge in [0.05, 0.1) is 22.1 Å². The number of H-pyrrole nitrogens is 1. The van der Waals surface area contributed by atoms with Crippen LogP contribution >= 0.6 is 0 Å². The van der Waals surface area contributed by atoms with Crippen LogP contribution in [0.15, 0.2) is 91.0 Å². The van der Waals surface area contributed by atoms with Crippen molar-refractivity contribution in [2.45, 2.75) is 0 Å². The van der Waals surface area contributed by atoms with E-state index in [4.69, 9.17) is 0 Å². The molecule has 0 aliphatic heterocycles. The molecule has 2 heteroatoms. The molecule has 0 bridgehead atoms. The number of para-hydroxylation sites is 1. The van der Waals surface area contributed by atoms with E-state index in [-0.39, 0.29) is 0 Å². The molecule has 0 saturated carbocycles. The summed E-state index contributed by atoms with van der Waals surface area (Å²) in [7, 11) is 0. The number of fused-ring (bicyclic) bond motifs is 12. The average molecular weight is 380 g/mol. The van der Waals surface area contributed by atoms with Crippen molar-refractivity contribution >= 4 is 70.7 Å². The molecule has 0 fully saturated rings. The molecule has 0 aliphatic rings. The van der Waals surface area contributed by atoms with Crippen LogP contribution < -0.4 is 0 Å². The lowest BCUT2D eigenvalue weighted by Crippen LogP contribution is -1.81. The largest absolute Gasteiger partial charge is 0.353 e. The molecule has 0 unspecified atom stereocenters. The molecule has 2 nitrogen and oxygen atoms in total. The van der Waals surface area contributed by atoms with Crippen molar-refractivity contribution in [3.8, 4) is 0 Å². The number of aromatic nitrogens is 2. The summed E-state index contributed by atoms with van der Waals surface area (Å²) in [5.41, 5.74) is 6.32. The molecule has 0 spiro atoms. The summed E-state index contributed by atoms with van der Waals surface area (Å²) in [5.74, 6) is 0. The molecule has 0 radical (unpaired) electrons. The summed E-state index contributed by atoms with van der Waals surface area (Å²) >= 11 is 0. The zero-order chi connectivity index (χ0) is 19.4. The Bertz CT molecular complexity index is 1950. The van der Waals surface area contributed by atoms with E-state index < -0.39 is 0 Å². The minimum absolute atomic E-state index is 1.20. The van der Waals surface area contributed by atoms with Gasteiger partial charge in [0.1, 0.15) is 0 Å². The lowest BCUT2D eigenvalue weighted by molar-refractivity contribution is 1.38.